The fourth-order valence-electron chi connectivity index (χ4n) is 2.12. The van der Waals surface area contributed by atoms with Crippen LogP contribution in [-0.2, 0) is 9.53 Å². The van der Waals surface area contributed by atoms with E-state index in [1.54, 1.807) is 0 Å². The van der Waals surface area contributed by atoms with E-state index in [0.29, 0.717) is 11.8 Å². The highest BCUT2D eigenvalue weighted by molar-refractivity contribution is 7.99. The molecule has 2 amide bonds. The third-order valence-corrected chi connectivity index (χ3v) is 4.15. The fraction of sp³-hybridized carbons (Fsp3) is 0.833. The molecular weight excluding hydrogens is 268 g/mol. The summed E-state index contributed by atoms with van der Waals surface area (Å²) in [6, 6.07) is 0.0387. The van der Waals surface area contributed by atoms with Crippen LogP contribution in [0.1, 0.15) is 25.7 Å². The smallest absolute Gasteiger partial charge is 0.329 e. The van der Waals surface area contributed by atoms with Gasteiger partial charge in [0.05, 0.1) is 6.61 Å². The number of urea groups is 1. The van der Waals surface area contributed by atoms with Gasteiger partial charge >= 0.3 is 12.0 Å². The van der Waals surface area contributed by atoms with Crippen LogP contribution >= 0.6 is 11.8 Å². The lowest BCUT2D eigenvalue weighted by molar-refractivity contribution is -0.142. The standard InChI is InChI=1S/C12H22N2O4S/c1-19-10-4-2-3-9(7-10)14-12(17)13-5-6-18-8-11(15)16/h9-10H,2-8H2,1H3,(H,15,16)(H2,13,14,17). The van der Waals surface area contributed by atoms with E-state index in [-0.39, 0.29) is 25.3 Å². The molecule has 19 heavy (non-hydrogen) atoms. The van der Waals surface area contributed by atoms with Crippen molar-refractivity contribution in [1.29, 1.82) is 0 Å². The number of hydrogen-bond donors (Lipinski definition) is 3. The Hall–Kier alpha value is -0.950. The Bertz CT molecular complexity index is 301. The van der Waals surface area contributed by atoms with Gasteiger partial charge in [0.1, 0.15) is 6.61 Å². The number of carbonyl (C=O) groups excluding carboxylic acids is 1. The van der Waals surface area contributed by atoms with Gasteiger partial charge < -0.3 is 20.5 Å². The molecule has 0 saturated heterocycles. The molecule has 1 fully saturated rings. The molecule has 1 aliphatic rings. The van der Waals surface area contributed by atoms with E-state index >= 15 is 0 Å². The van der Waals surface area contributed by atoms with E-state index in [2.05, 4.69) is 16.9 Å². The van der Waals surface area contributed by atoms with Crippen molar-refractivity contribution in [3.05, 3.63) is 0 Å². The summed E-state index contributed by atoms with van der Waals surface area (Å²) < 4.78 is 4.82. The van der Waals surface area contributed by atoms with E-state index < -0.39 is 5.97 Å². The number of aliphatic carboxylic acids is 1. The Labute approximate surface area is 117 Å². The average molecular weight is 290 g/mol. The Balaban J connectivity index is 2.08. The molecule has 0 aliphatic heterocycles. The molecule has 0 aromatic rings. The van der Waals surface area contributed by atoms with Crippen LogP contribution in [0.25, 0.3) is 0 Å². The van der Waals surface area contributed by atoms with Crippen LogP contribution < -0.4 is 10.6 Å². The van der Waals surface area contributed by atoms with Gasteiger partial charge in [-0.3, -0.25) is 0 Å². The molecule has 1 rings (SSSR count). The van der Waals surface area contributed by atoms with Gasteiger partial charge in [0.15, 0.2) is 0 Å². The Morgan fingerprint density at radius 3 is 2.89 bits per heavy atom. The number of nitrogens with one attached hydrogen (secondary N) is 2. The number of hydrogen-bond acceptors (Lipinski definition) is 4. The number of amides is 2. The zero-order valence-corrected chi connectivity index (χ0v) is 12.0. The zero-order chi connectivity index (χ0) is 14.1. The number of thioether (sulfide) groups is 1. The summed E-state index contributed by atoms with van der Waals surface area (Å²) in [5.74, 6) is -1.00. The third kappa shape index (κ3) is 7.27. The summed E-state index contributed by atoms with van der Waals surface area (Å²) >= 11 is 1.86. The second kappa shape index (κ2) is 9.03. The number of carbonyl (C=O) groups is 2. The second-order valence-electron chi connectivity index (χ2n) is 4.57. The molecule has 0 heterocycles. The molecular formula is C12H22N2O4S. The first-order valence-corrected chi connectivity index (χ1v) is 7.77. The fourth-order valence-corrected chi connectivity index (χ4v) is 2.95. The van der Waals surface area contributed by atoms with Crippen molar-refractivity contribution in [3.8, 4) is 0 Å². The van der Waals surface area contributed by atoms with Crippen LogP contribution in [0, 0.1) is 0 Å². The summed E-state index contributed by atoms with van der Waals surface area (Å²) in [5.41, 5.74) is 0. The monoisotopic (exact) mass is 290 g/mol. The quantitative estimate of drug-likeness (QED) is 0.610. The summed E-state index contributed by atoms with van der Waals surface area (Å²) in [4.78, 5) is 21.8. The SMILES string of the molecule is CSC1CCCC(NC(=O)NCCOCC(=O)O)C1. The minimum Gasteiger partial charge on any atom is -0.480 e. The summed E-state index contributed by atoms with van der Waals surface area (Å²) in [5, 5.41) is 14.6. The highest BCUT2D eigenvalue weighted by Gasteiger charge is 2.22. The first-order chi connectivity index (χ1) is 9.11. The molecule has 6 nitrogen and oxygen atoms in total. The molecule has 1 saturated carbocycles. The molecule has 0 aromatic heterocycles. The Kier molecular flexibility index (Phi) is 7.66. The molecule has 110 valence electrons. The van der Waals surface area contributed by atoms with Crippen LogP contribution in [0.15, 0.2) is 0 Å². The van der Waals surface area contributed by atoms with Gasteiger partial charge in [-0.2, -0.15) is 11.8 Å². The topological polar surface area (TPSA) is 87.7 Å². The van der Waals surface area contributed by atoms with Gasteiger partial charge in [-0.15, -0.1) is 0 Å². The minimum absolute atomic E-state index is 0.203. The lowest BCUT2D eigenvalue weighted by Gasteiger charge is -2.28. The summed E-state index contributed by atoms with van der Waals surface area (Å²) in [6.45, 7) is 0.191. The predicted molar refractivity (Wildman–Crippen MR) is 74.5 cm³/mol. The van der Waals surface area contributed by atoms with Crippen molar-refractivity contribution in [2.24, 2.45) is 0 Å². The van der Waals surface area contributed by atoms with Crippen LogP contribution in [-0.4, -0.2) is 54.4 Å². The van der Waals surface area contributed by atoms with E-state index in [1.165, 1.54) is 6.42 Å². The van der Waals surface area contributed by atoms with Crippen molar-refractivity contribution in [2.75, 3.05) is 26.0 Å². The van der Waals surface area contributed by atoms with Gasteiger partial charge in [0.2, 0.25) is 0 Å². The number of ether oxygens (including phenoxy) is 1. The van der Waals surface area contributed by atoms with E-state index in [0.717, 1.165) is 19.3 Å². The van der Waals surface area contributed by atoms with Crippen molar-refractivity contribution < 1.29 is 19.4 Å². The number of rotatable bonds is 7. The van der Waals surface area contributed by atoms with Crippen LogP contribution in [0.4, 0.5) is 4.79 Å². The van der Waals surface area contributed by atoms with Gasteiger partial charge in [-0.25, -0.2) is 9.59 Å². The van der Waals surface area contributed by atoms with Crippen LogP contribution in [0.5, 0.6) is 0 Å². The normalized spacial score (nSPS) is 22.8. The van der Waals surface area contributed by atoms with Gasteiger partial charge in [-0.05, 0) is 25.5 Å². The largest absolute Gasteiger partial charge is 0.480 e. The lowest BCUT2D eigenvalue weighted by atomic mass is 9.95. The second-order valence-corrected chi connectivity index (χ2v) is 5.71. The van der Waals surface area contributed by atoms with E-state index in [9.17, 15) is 9.59 Å². The van der Waals surface area contributed by atoms with Crippen LogP contribution in [0.3, 0.4) is 0 Å². The number of carboxylic acids is 1. The maximum Gasteiger partial charge on any atom is 0.329 e. The minimum atomic E-state index is -1.00. The molecule has 1 aliphatic carbocycles. The highest BCUT2D eigenvalue weighted by Crippen LogP contribution is 2.26. The predicted octanol–water partition coefficient (Wildman–Crippen LogP) is 1.06. The highest BCUT2D eigenvalue weighted by atomic mass is 32.2. The molecule has 0 spiro atoms. The van der Waals surface area contributed by atoms with Gasteiger partial charge in [0.25, 0.3) is 0 Å². The molecule has 2 unspecified atom stereocenters. The maximum atomic E-state index is 11.6. The Morgan fingerprint density at radius 1 is 1.42 bits per heavy atom. The molecule has 7 heteroatoms. The van der Waals surface area contributed by atoms with Gasteiger partial charge in [-0.1, -0.05) is 6.42 Å². The maximum absolute atomic E-state index is 11.6. The summed E-state index contributed by atoms with van der Waals surface area (Å²) in [6.07, 6.45) is 6.53. The van der Waals surface area contributed by atoms with Crippen LogP contribution in [0.2, 0.25) is 0 Å². The van der Waals surface area contributed by atoms with E-state index in [4.69, 9.17) is 9.84 Å². The molecule has 3 N–H and O–H groups in total. The van der Waals surface area contributed by atoms with Crippen molar-refractivity contribution >= 4 is 23.8 Å². The Morgan fingerprint density at radius 2 is 2.21 bits per heavy atom. The zero-order valence-electron chi connectivity index (χ0n) is 11.2. The molecule has 2 atom stereocenters. The van der Waals surface area contributed by atoms with Crippen molar-refractivity contribution in [2.45, 2.75) is 37.0 Å². The molecule has 0 aromatic carbocycles. The molecule has 0 bridgehead atoms. The summed E-state index contributed by atoms with van der Waals surface area (Å²) in [7, 11) is 0. The van der Waals surface area contributed by atoms with Crippen molar-refractivity contribution in [3.63, 3.8) is 0 Å². The van der Waals surface area contributed by atoms with Crippen molar-refractivity contribution in [1.82, 2.24) is 10.6 Å². The first kappa shape index (κ1) is 16.1. The third-order valence-electron chi connectivity index (χ3n) is 3.05. The number of carboxylic acid groups (broad SMARTS) is 1. The lowest BCUT2D eigenvalue weighted by Crippen LogP contribution is -2.45. The van der Waals surface area contributed by atoms with Gasteiger partial charge in [0, 0.05) is 17.8 Å². The first-order valence-electron chi connectivity index (χ1n) is 6.48. The average Bonchev–Trinajstić information content (AvgIpc) is 2.38. The molecule has 0 radical (unpaired) electrons. The van der Waals surface area contributed by atoms with E-state index in [1.807, 2.05) is 11.8 Å².